The van der Waals surface area contributed by atoms with Gasteiger partial charge in [-0.2, -0.15) is 11.3 Å². The van der Waals surface area contributed by atoms with Gasteiger partial charge in [-0.3, -0.25) is 14.5 Å². The van der Waals surface area contributed by atoms with E-state index in [4.69, 9.17) is 5.73 Å². The van der Waals surface area contributed by atoms with Gasteiger partial charge in [-0.25, -0.2) is 4.79 Å². The first-order valence-electron chi connectivity index (χ1n) is 8.17. The summed E-state index contributed by atoms with van der Waals surface area (Å²) in [7, 11) is -5.45. The molecule has 0 saturated carbocycles. The van der Waals surface area contributed by atoms with E-state index in [1.165, 1.54) is 22.8 Å². The number of nitrogens with two attached hydrogens (primary N) is 1. The van der Waals surface area contributed by atoms with Gasteiger partial charge in [-0.15, -0.1) is 11.8 Å². The number of ether oxygens (including phenoxy) is 1. The molecule has 3 rings (SSSR count). The van der Waals surface area contributed by atoms with Crippen molar-refractivity contribution in [2.45, 2.75) is 17.3 Å². The number of hydrogen-bond donors (Lipinski definition) is 2. The quantitative estimate of drug-likeness (QED) is 0.144. The number of aliphatic carboxylic acids is 1. The Balaban J connectivity index is 0.00000341. The maximum absolute atomic E-state index is 12.5. The van der Waals surface area contributed by atoms with Crippen LogP contribution >= 0.6 is 30.7 Å². The van der Waals surface area contributed by atoms with Crippen LogP contribution < -0.4 is 115 Å². The smallest absolute Gasteiger partial charge is 0.806 e. The Bertz CT molecular complexity index is 989. The fourth-order valence-electron chi connectivity index (χ4n) is 3.07. The molecule has 162 valence electrons. The van der Waals surface area contributed by atoms with Crippen LogP contribution in [0.5, 0.6) is 0 Å². The Hall–Kier alpha value is 0.620. The minimum atomic E-state index is -5.45. The molecule has 1 aromatic heterocycles. The molecule has 1 fully saturated rings. The van der Waals surface area contributed by atoms with Gasteiger partial charge in [-0.05, 0) is 30.0 Å². The third-order valence-corrected chi connectivity index (χ3v) is 7.43. The Morgan fingerprint density at radius 2 is 1.94 bits per heavy atom. The summed E-state index contributed by atoms with van der Waals surface area (Å²) < 4.78 is 16.3. The minimum Gasteiger partial charge on any atom is -0.806 e. The van der Waals surface area contributed by atoms with Crippen LogP contribution in [0, 0.1) is 0 Å². The van der Waals surface area contributed by atoms with E-state index in [1.807, 2.05) is 0 Å². The third-order valence-electron chi connectivity index (χ3n) is 4.34. The summed E-state index contributed by atoms with van der Waals surface area (Å²) in [5.41, 5.74) is 4.06. The summed E-state index contributed by atoms with van der Waals surface area (Å²) in [5.74, 6) is -5.34. The Morgan fingerprint density at radius 3 is 2.42 bits per heavy atom. The number of amides is 3. The van der Waals surface area contributed by atoms with Gasteiger partial charge in [-0.1, -0.05) is 0 Å². The van der Waals surface area contributed by atoms with Crippen molar-refractivity contribution < 1.29 is 132 Å². The van der Waals surface area contributed by atoms with Crippen LogP contribution in [-0.4, -0.2) is 52.6 Å². The van der Waals surface area contributed by atoms with Crippen LogP contribution in [0.2, 0.25) is 0 Å². The molecule has 3 amide bonds. The van der Waals surface area contributed by atoms with Crippen molar-refractivity contribution >= 4 is 54.6 Å². The SMILES string of the molecule is NC(=O)OCC1=C(P(=O)([O-])[O-])N2C(=O)[C@@H](NC(=O)C(C(=O)[O-])c3ccsc3)[C@H]2SC1.[Na+].[Na+].[Na+]. The first kappa shape index (κ1) is 33.6. The van der Waals surface area contributed by atoms with E-state index in [1.54, 1.807) is 5.38 Å². The fraction of sp³-hybridized carbons (Fsp3) is 0.333. The summed E-state index contributed by atoms with van der Waals surface area (Å²) in [4.78, 5) is 71.3. The molecule has 3 N–H and O–H groups in total. The van der Waals surface area contributed by atoms with E-state index in [0.29, 0.717) is 4.90 Å². The average molecular weight is 543 g/mol. The minimum absolute atomic E-state index is 0. The number of fused-ring (bicyclic) bond motifs is 1. The van der Waals surface area contributed by atoms with Gasteiger partial charge in [0, 0.05) is 11.3 Å². The van der Waals surface area contributed by atoms with E-state index in [0.717, 1.165) is 11.8 Å². The number of thiophene rings is 1. The maximum Gasteiger partial charge on any atom is 1.00 e. The molecule has 0 aromatic carbocycles. The van der Waals surface area contributed by atoms with E-state index < -0.39 is 60.9 Å². The molecular weight excluding hydrogens is 530 g/mol. The molecular formula is C15H13N3Na3O9PS2. The number of carboxylic acids is 1. The molecule has 2 aliphatic heterocycles. The molecule has 3 heterocycles. The standard InChI is InChI=1S/C15H16N3O9PS2.3Na/c16-15(23)27-3-7-5-30-13-9(11(20)18(13)12(7)28(24,25)26)17-10(19)8(14(21)22)6-1-2-29-4-6;;;/h1-2,4,8-9,13H,3,5H2,(H2,16,23)(H,17,19)(H,21,22)(H2,24,25,26);;;/q;3*+1/p-3/t8?,9-,13-;;;/m1.../s1. The number of nitrogens with one attached hydrogen (secondary N) is 1. The van der Waals surface area contributed by atoms with Crippen molar-refractivity contribution in [3.63, 3.8) is 0 Å². The second-order valence-electron chi connectivity index (χ2n) is 6.24. The van der Waals surface area contributed by atoms with Gasteiger partial charge < -0.3 is 40.0 Å². The summed E-state index contributed by atoms with van der Waals surface area (Å²) in [6.45, 7) is -0.593. The van der Waals surface area contributed by atoms with Crippen LogP contribution in [0.15, 0.2) is 27.8 Å². The predicted octanol–water partition coefficient (Wildman–Crippen LogP) is -11.8. The van der Waals surface area contributed by atoms with Crippen LogP contribution in [0.1, 0.15) is 11.5 Å². The molecule has 2 aliphatic rings. The van der Waals surface area contributed by atoms with Gasteiger partial charge in [0.05, 0.1) is 11.4 Å². The zero-order chi connectivity index (χ0) is 22.2. The second kappa shape index (κ2) is 13.8. The van der Waals surface area contributed by atoms with Crippen molar-refractivity contribution in [1.29, 1.82) is 0 Å². The monoisotopic (exact) mass is 543 g/mol. The predicted molar refractivity (Wildman–Crippen MR) is 97.3 cm³/mol. The van der Waals surface area contributed by atoms with Crippen molar-refractivity contribution in [2.24, 2.45) is 5.73 Å². The molecule has 18 heteroatoms. The molecule has 0 radical (unpaired) electrons. The number of carbonyl (C=O) groups excluding carboxylic acids is 4. The molecule has 1 unspecified atom stereocenters. The van der Waals surface area contributed by atoms with E-state index in [2.05, 4.69) is 10.1 Å². The van der Waals surface area contributed by atoms with Gasteiger partial charge in [0.1, 0.15) is 23.9 Å². The van der Waals surface area contributed by atoms with Crippen molar-refractivity contribution in [3.05, 3.63) is 33.4 Å². The molecule has 0 aliphatic carbocycles. The summed E-state index contributed by atoms with van der Waals surface area (Å²) in [6.07, 6.45) is -1.19. The van der Waals surface area contributed by atoms with Crippen molar-refractivity contribution in [3.8, 4) is 0 Å². The summed E-state index contributed by atoms with van der Waals surface area (Å²) in [6, 6.07) is 0.175. The van der Waals surface area contributed by atoms with Gasteiger partial charge in [0.25, 0.3) is 5.91 Å². The number of nitrogens with zero attached hydrogens (tertiary/aromatic N) is 1. The molecule has 12 nitrogen and oxygen atoms in total. The van der Waals surface area contributed by atoms with Crippen molar-refractivity contribution in [2.75, 3.05) is 12.4 Å². The summed E-state index contributed by atoms with van der Waals surface area (Å²) in [5, 5.41) is 15.7. The molecule has 3 atom stereocenters. The Kier molecular flexibility index (Phi) is 14.1. The van der Waals surface area contributed by atoms with Crippen molar-refractivity contribution in [1.82, 2.24) is 10.2 Å². The number of β-lactam (4-membered cyclic amide) rings is 1. The number of carbonyl (C=O) groups is 4. The zero-order valence-electron chi connectivity index (χ0n) is 17.8. The molecule has 0 bridgehead atoms. The average Bonchev–Trinajstić information content (AvgIpc) is 3.16. The first-order chi connectivity index (χ1) is 14.0. The second-order valence-corrected chi connectivity index (χ2v) is 9.54. The Morgan fingerprint density at radius 1 is 1.30 bits per heavy atom. The molecule has 1 saturated heterocycles. The van der Waals surface area contributed by atoms with E-state index >= 15 is 0 Å². The number of hydrogen-bond acceptors (Lipinski definition) is 11. The Labute approximate surface area is 262 Å². The van der Waals surface area contributed by atoms with Gasteiger partial charge in [0.2, 0.25) is 5.91 Å². The van der Waals surface area contributed by atoms with Gasteiger partial charge >= 0.3 is 94.8 Å². The molecule has 0 spiro atoms. The van der Waals surface area contributed by atoms with Crippen LogP contribution in [-0.2, 0) is 23.7 Å². The van der Waals surface area contributed by atoms with Crippen LogP contribution in [0.25, 0.3) is 0 Å². The maximum atomic E-state index is 12.5. The number of rotatable bonds is 7. The van der Waals surface area contributed by atoms with Crippen LogP contribution in [0.4, 0.5) is 4.79 Å². The normalized spacial score (nSPS) is 20.1. The van der Waals surface area contributed by atoms with E-state index in [9.17, 15) is 38.6 Å². The topological polar surface area (TPSA) is 205 Å². The number of primary amides is 1. The number of carboxylic acid groups (broad SMARTS) is 1. The van der Waals surface area contributed by atoms with E-state index in [-0.39, 0.29) is 106 Å². The third kappa shape index (κ3) is 7.56. The number of thioether (sulfide) groups is 1. The fourth-order valence-corrected chi connectivity index (χ4v) is 6.29. The largest absolute Gasteiger partial charge is 1.00 e. The zero-order valence-corrected chi connectivity index (χ0v) is 26.4. The van der Waals surface area contributed by atoms with Crippen LogP contribution in [0.3, 0.4) is 0 Å². The first-order valence-corrected chi connectivity index (χ1v) is 11.7. The molecule has 1 aromatic rings. The van der Waals surface area contributed by atoms with Gasteiger partial charge in [0.15, 0.2) is 0 Å². The molecule has 33 heavy (non-hydrogen) atoms. The summed E-state index contributed by atoms with van der Waals surface area (Å²) >= 11 is 2.17.